The van der Waals surface area contributed by atoms with Crippen molar-refractivity contribution in [2.45, 2.75) is 276 Å². The summed E-state index contributed by atoms with van der Waals surface area (Å²) in [5.41, 5.74) is -13.6. The average molecular weight is 3020 g/mol. The summed E-state index contributed by atoms with van der Waals surface area (Å²) in [6, 6.07) is 0. The first-order valence-electron chi connectivity index (χ1n) is 35.1. The smallest absolute Gasteiger partial charge is 0.174 e. The minimum absolute atomic E-state index is 0. The third kappa shape index (κ3) is 17.8. The van der Waals surface area contributed by atoms with Crippen molar-refractivity contribution < 1.29 is 375 Å². The van der Waals surface area contributed by atoms with Gasteiger partial charge >= 0.3 is 0 Å². The number of aromatic nitrogens is 4. The van der Waals surface area contributed by atoms with E-state index in [1.54, 1.807) is 149 Å². The summed E-state index contributed by atoms with van der Waals surface area (Å²) in [4.78, 5) is 54.0. The second kappa shape index (κ2) is 39.9. The number of aryl methyl sites for hydroxylation is 1. The standard InChI is InChI=1S/3C21H32O7.C4H6N2.C3H4N2.C3H8O.6Ac.I2/c3*1-9-11(22)7-21(27)10(2)16-19(5,12(23)6-13-20(16,26)8-28-13)17(25)15(24)14(9)18(21,3)4;1-4-5-2-3-6-4;1-2-5-3-4-1;1-3(2)4;;;;;;;1-2/h3*10-13,15-16,22-24,26-27H,6-8H2,1-5H3;2-3H,1H3,(H,5,6);1-3H,(H,4,5);3-4H,1-2H3;;;;;;;/t3*10-,11?,12?,13?,15?,16?,19+,20-,21?;;;;;;;;;;/m000........../s1. The molecule has 2 aromatic heterocycles. The number of aliphatic hydroxyl groups is 16. The first kappa shape index (κ1) is 109. The van der Waals surface area contributed by atoms with Crippen molar-refractivity contribution >= 4 is 54.6 Å². The quantitative estimate of drug-likeness (QED) is 0.133. The predicted octanol–water partition coefficient (Wildman–Crippen LogP) is 3.05. The van der Waals surface area contributed by atoms with Gasteiger partial charge in [0.05, 0.1) is 114 Å². The van der Waals surface area contributed by atoms with Crippen molar-refractivity contribution in [3.8, 4) is 0 Å². The fourth-order valence-electron chi connectivity index (χ4n) is 21.6. The predicted molar refractivity (Wildman–Crippen MR) is 385 cm³/mol. The molecule has 26 nitrogen and oxygen atoms in total. The molecule has 6 saturated carbocycles. The van der Waals surface area contributed by atoms with Gasteiger partial charge in [0, 0.05) is 405 Å². The molecule has 5 heterocycles. The second-order valence-corrected chi connectivity index (χ2v) is 33.7. The number of carbonyl (C=O) groups is 3. The summed E-state index contributed by atoms with van der Waals surface area (Å²) in [5.74, 6) is -5.19. The number of halogens is 2. The van der Waals surface area contributed by atoms with Crippen LogP contribution in [0.5, 0.6) is 0 Å². The molecule has 2 aromatic rings. The minimum atomic E-state index is -1.58. The molecule has 0 amide bonds. The third-order valence-corrected chi connectivity index (χ3v) is 27.7. The summed E-state index contributed by atoms with van der Waals surface area (Å²) in [7, 11) is 0. The Labute approximate surface area is 867 Å². The van der Waals surface area contributed by atoms with Gasteiger partial charge in [-0.05, 0) is 114 Å². The maximum atomic E-state index is 13.6. The Hall–Kier alpha value is 6.00. The van der Waals surface area contributed by atoms with Crippen LogP contribution in [0.3, 0.4) is 0 Å². The molecule has 9 aliphatic carbocycles. The fourth-order valence-corrected chi connectivity index (χ4v) is 21.6. The Morgan fingerprint density at radius 2 is 0.710 bits per heavy atom. The van der Waals surface area contributed by atoms with E-state index in [1.807, 2.05) is 6.92 Å². The SMILES string of the molecule is CC(C)O.CC1=C2C(O)C(=O)[C@]3(C)C(O)CC4OC[C@@]4(O)C3[C@H](C)C(O)(CC1O)C2(C)C.CC1=C2C(O)C(=O)[C@]3(C)C(O)CC4OC[C@@]4(O)C3[C@H](C)C(O)(CC1O)C2(C)C.CC1=C2C(O)C(=O)[C@]3(C)C(O)CC4OC[C@@]4(O)C3[C@H](C)C(O)(CC1O)C2(C)C.Cc1ncc[nH]1.II.[Ac].[Ac].[Ac].[Ac].[Ac].[Ac].c1c[nH]cn1. The molecule has 3 saturated heterocycles. The molecule has 0 spiro atoms. The van der Waals surface area contributed by atoms with Crippen LogP contribution in [0.2, 0.25) is 0 Å². The number of rotatable bonds is 0. The number of fused-ring (bicyclic) bond motifs is 15. The molecule has 34 heteroatoms. The number of imidazole rings is 2. The molecule has 9 fully saturated rings. The summed E-state index contributed by atoms with van der Waals surface area (Å²) >= 11 is 4.24. The van der Waals surface area contributed by atoms with Crippen molar-refractivity contribution in [3.63, 3.8) is 0 Å². The van der Waals surface area contributed by atoms with Crippen LogP contribution in [-0.2, 0) is 28.6 Å². The van der Waals surface area contributed by atoms with Crippen LogP contribution >= 0.6 is 37.2 Å². The number of nitrogens with zero attached hydrogens (tertiary/aromatic N) is 2. The van der Waals surface area contributed by atoms with Crippen molar-refractivity contribution in [1.82, 2.24) is 19.9 Å². The molecule has 18 N–H and O–H groups in total. The second-order valence-electron chi connectivity index (χ2n) is 33.7. The van der Waals surface area contributed by atoms with Gasteiger partial charge in [-0.25, -0.2) is 9.97 Å². The molecule has 0 aromatic carbocycles. The van der Waals surface area contributed by atoms with E-state index in [1.165, 1.54) is 0 Å². The number of hydrogen-bond donors (Lipinski definition) is 18. The van der Waals surface area contributed by atoms with Gasteiger partial charge in [0.2, 0.25) is 0 Å². The topological polar surface area (TPSA) is 460 Å². The summed E-state index contributed by atoms with van der Waals surface area (Å²) in [5, 5.41) is 176. The van der Waals surface area contributed by atoms with Gasteiger partial charge in [-0.3, -0.25) is 14.4 Å². The maximum Gasteiger partial charge on any atom is 0.174 e. The molecule has 18 unspecified atom stereocenters. The summed E-state index contributed by atoms with van der Waals surface area (Å²) in [6.45, 7) is 31.1. The Kier molecular flexibility index (Phi) is 40.7. The van der Waals surface area contributed by atoms with Crippen molar-refractivity contribution in [3.05, 3.63) is 70.4 Å². The van der Waals surface area contributed by atoms with E-state index in [-0.39, 0.29) is 329 Å². The molecule has 27 atom stereocenters. The molecular weight excluding hydrogens is 2900 g/mol. The van der Waals surface area contributed by atoms with Crippen LogP contribution in [0, 0.1) is 339 Å². The Morgan fingerprint density at radius 3 is 0.869 bits per heavy atom. The molecular formula is C73H114Ac6I2N4O22. The minimum Gasteiger partial charge on any atom is -0.394 e. The Morgan fingerprint density at radius 1 is 0.458 bits per heavy atom. The maximum absolute atomic E-state index is 13.6. The van der Waals surface area contributed by atoms with Crippen LogP contribution in [-0.4, -0.2) is 252 Å². The van der Waals surface area contributed by atoms with Gasteiger partial charge in [0.15, 0.2) is 17.3 Å². The van der Waals surface area contributed by atoms with Gasteiger partial charge in [0.25, 0.3) is 0 Å². The number of aliphatic hydroxyl groups excluding tert-OH is 10. The van der Waals surface area contributed by atoms with E-state index >= 15 is 0 Å². The summed E-state index contributed by atoms with van der Waals surface area (Å²) in [6.07, 6.45) is -4.14. The van der Waals surface area contributed by atoms with E-state index in [0.29, 0.717) is 33.4 Å². The molecule has 14 rings (SSSR count). The third-order valence-electron chi connectivity index (χ3n) is 27.7. The molecule has 6 radical (unpaired) electrons. The van der Waals surface area contributed by atoms with Crippen LogP contribution in [0.4, 0.5) is 0 Å². The average Bonchev–Trinajstić information content (AvgIpc) is 0.992. The fraction of sp³-hybridized carbons (Fsp3) is 0.795. The zero-order chi connectivity index (χ0) is 76.6. The first-order valence-corrected chi connectivity index (χ1v) is 41.4. The molecule has 107 heavy (non-hydrogen) atoms. The normalized spacial score (nSPS) is 44.9. The van der Waals surface area contributed by atoms with E-state index in [2.05, 4.69) is 57.2 Å². The number of nitrogens with one attached hydrogen (secondary N) is 2. The zero-order valence-electron chi connectivity index (χ0n) is 64.9. The number of Topliss-reactive ketones (excluding diaryl/α,β-unsaturated/α-hetero) is 3. The van der Waals surface area contributed by atoms with Crippen LogP contribution < -0.4 is 0 Å². The molecule has 12 aliphatic rings. The van der Waals surface area contributed by atoms with Gasteiger partial charge in [-0.15, -0.1) is 0 Å². The van der Waals surface area contributed by atoms with Gasteiger partial charge in [-0.1, -0.05) is 62.3 Å². The zero-order valence-corrected chi connectivity index (χ0v) is 97.7. The van der Waals surface area contributed by atoms with Crippen molar-refractivity contribution in [2.24, 2.45) is 68.0 Å². The van der Waals surface area contributed by atoms with E-state index < -0.39 is 192 Å². The van der Waals surface area contributed by atoms with Gasteiger partial charge in [-0.2, -0.15) is 0 Å². The van der Waals surface area contributed by atoms with Gasteiger partial charge in [0.1, 0.15) is 40.9 Å². The van der Waals surface area contributed by atoms with E-state index in [4.69, 9.17) is 19.3 Å². The van der Waals surface area contributed by atoms with Crippen molar-refractivity contribution in [2.75, 3.05) is 19.8 Å². The number of ether oxygens (including phenoxy) is 3. The van der Waals surface area contributed by atoms with E-state index in [0.717, 1.165) is 5.82 Å². The summed E-state index contributed by atoms with van der Waals surface area (Å²) < 4.78 is 16.5. The van der Waals surface area contributed by atoms with Crippen LogP contribution in [0.1, 0.15) is 162 Å². The Balaban J connectivity index is 0.000000477. The monoisotopic (exact) mass is 3010 g/mol. The number of hydrogen-bond acceptors (Lipinski definition) is 24. The number of ketones is 3. The molecule has 3 aliphatic heterocycles. The van der Waals surface area contributed by atoms with Crippen LogP contribution in [0.15, 0.2) is 64.6 Å². The number of H-pyrrole nitrogens is 2. The van der Waals surface area contributed by atoms with E-state index in [9.17, 15) is 91.0 Å². The van der Waals surface area contributed by atoms with Crippen molar-refractivity contribution in [1.29, 1.82) is 0 Å². The first-order chi connectivity index (χ1) is 46.4. The van der Waals surface area contributed by atoms with Gasteiger partial charge < -0.3 is 106 Å². The number of aromatic amines is 2. The molecule has 590 valence electrons. The largest absolute Gasteiger partial charge is 0.394 e. The number of carbonyl (C=O) groups excluding carboxylic acids is 3. The molecule has 6 bridgehead atoms. The Bertz CT molecular complexity index is 3170. The van der Waals surface area contributed by atoms with Crippen LogP contribution in [0.25, 0.3) is 0 Å².